The Hall–Kier alpha value is -3.50. The second-order valence-electron chi connectivity index (χ2n) is 11.1. The Labute approximate surface area is 230 Å². The molecule has 0 bridgehead atoms. The van der Waals surface area contributed by atoms with E-state index in [1.54, 1.807) is 32.0 Å². The maximum atomic E-state index is 13.5. The van der Waals surface area contributed by atoms with E-state index in [1.807, 2.05) is 45.2 Å². The highest BCUT2D eigenvalue weighted by atomic mass is 32.2. The number of hydrogen-bond donors (Lipinski definition) is 2. The van der Waals surface area contributed by atoms with E-state index >= 15 is 0 Å². The van der Waals surface area contributed by atoms with Crippen LogP contribution in [-0.4, -0.2) is 43.0 Å². The number of nitrogens with zero attached hydrogens (tertiary/aromatic N) is 2. The van der Waals surface area contributed by atoms with Gasteiger partial charge in [-0.15, -0.1) is 0 Å². The molecule has 4 rings (SSSR count). The molecular formula is C29H37N4O5S+. The maximum Gasteiger partial charge on any atom is 0.317 e. The first-order valence-corrected chi connectivity index (χ1v) is 14.6. The van der Waals surface area contributed by atoms with Crippen molar-refractivity contribution in [2.75, 3.05) is 11.8 Å². The van der Waals surface area contributed by atoms with E-state index in [9.17, 15) is 18.0 Å². The molecule has 1 unspecified atom stereocenters. The number of nitrogens with two attached hydrogens (primary N) is 1. The van der Waals surface area contributed by atoms with Crippen molar-refractivity contribution < 1.29 is 27.0 Å². The first-order valence-electron chi connectivity index (χ1n) is 13.2. The highest BCUT2D eigenvalue weighted by Gasteiger charge is 2.50. The topological polar surface area (TPSA) is 132 Å². The van der Waals surface area contributed by atoms with Crippen molar-refractivity contribution in [1.82, 2.24) is 5.16 Å². The van der Waals surface area contributed by atoms with Crippen molar-refractivity contribution >= 4 is 27.7 Å². The molecule has 3 aromatic rings. The minimum absolute atomic E-state index is 0.0374. The van der Waals surface area contributed by atoms with Gasteiger partial charge in [0.15, 0.2) is 6.04 Å². The van der Waals surface area contributed by atoms with Crippen LogP contribution in [0.15, 0.2) is 57.9 Å². The van der Waals surface area contributed by atoms with E-state index in [-0.39, 0.29) is 33.0 Å². The van der Waals surface area contributed by atoms with Crippen LogP contribution < -0.4 is 10.5 Å². The van der Waals surface area contributed by atoms with Gasteiger partial charge < -0.3 is 10.3 Å². The van der Waals surface area contributed by atoms with Crippen LogP contribution in [0.4, 0.5) is 5.88 Å². The molecule has 9 nitrogen and oxygen atoms in total. The summed E-state index contributed by atoms with van der Waals surface area (Å²) >= 11 is 0. The molecule has 1 saturated carbocycles. The first kappa shape index (κ1) is 28.5. The van der Waals surface area contributed by atoms with Gasteiger partial charge in [0.25, 0.3) is 15.9 Å². The molecule has 2 atom stereocenters. The van der Waals surface area contributed by atoms with Gasteiger partial charge in [0.1, 0.15) is 6.54 Å². The highest BCUT2D eigenvalue weighted by Crippen LogP contribution is 2.37. The Kier molecular flexibility index (Phi) is 7.99. The lowest BCUT2D eigenvalue weighted by molar-refractivity contribution is -0.866. The Balaban J connectivity index is 1.64. The van der Waals surface area contributed by atoms with E-state index in [4.69, 9.17) is 10.3 Å². The van der Waals surface area contributed by atoms with Gasteiger partial charge in [-0.3, -0.25) is 4.79 Å². The summed E-state index contributed by atoms with van der Waals surface area (Å²) in [7, 11) is -2.16. The lowest BCUT2D eigenvalue weighted by Gasteiger charge is -2.38. The van der Waals surface area contributed by atoms with Crippen LogP contribution in [0.3, 0.4) is 0 Å². The van der Waals surface area contributed by atoms with Crippen LogP contribution in [0.1, 0.15) is 49.9 Å². The van der Waals surface area contributed by atoms with Crippen molar-refractivity contribution in [3.05, 3.63) is 65.4 Å². The predicted molar refractivity (Wildman–Crippen MR) is 149 cm³/mol. The summed E-state index contributed by atoms with van der Waals surface area (Å²) in [4.78, 5) is 26.1. The summed E-state index contributed by atoms with van der Waals surface area (Å²) in [6.07, 6.45) is 2.20. The fourth-order valence-electron chi connectivity index (χ4n) is 4.96. The number of hydrogen-bond acceptors (Lipinski definition) is 6. The molecular weight excluding hydrogens is 516 g/mol. The van der Waals surface area contributed by atoms with Crippen molar-refractivity contribution in [1.29, 1.82) is 0 Å². The number of aromatic nitrogens is 1. The third kappa shape index (κ3) is 6.07. The van der Waals surface area contributed by atoms with E-state index in [0.717, 1.165) is 18.4 Å². The number of carbonyl (C=O) groups excluding carboxylic acids is 2. The highest BCUT2D eigenvalue weighted by molar-refractivity contribution is 7.92. The summed E-state index contributed by atoms with van der Waals surface area (Å²) in [6, 6.07) is 13.5. The molecule has 2 aromatic carbocycles. The van der Waals surface area contributed by atoms with Crippen LogP contribution in [0.5, 0.6) is 0 Å². The third-order valence-corrected chi connectivity index (χ3v) is 8.87. The van der Waals surface area contributed by atoms with Gasteiger partial charge in [-0.05, 0) is 44.2 Å². The Bertz CT molecular complexity index is 1480. The largest absolute Gasteiger partial charge is 0.364 e. The van der Waals surface area contributed by atoms with Crippen molar-refractivity contribution in [2.24, 2.45) is 17.6 Å². The molecule has 1 aromatic heterocycles. The molecule has 2 amide bonds. The fraction of sp³-hybridized carbons (Fsp3) is 0.414. The lowest BCUT2D eigenvalue weighted by atomic mass is 9.97. The minimum Gasteiger partial charge on any atom is -0.364 e. The molecule has 1 aliphatic carbocycles. The number of primary amides is 1. The monoisotopic (exact) mass is 553 g/mol. The van der Waals surface area contributed by atoms with E-state index < -0.39 is 22.0 Å². The number of quaternary nitrogens is 1. The van der Waals surface area contributed by atoms with Gasteiger partial charge in [0, 0.05) is 23.1 Å². The van der Waals surface area contributed by atoms with Crippen LogP contribution in [0.2, 0.25) is 0 Å². The number of aryl methyl sites for hydroxylation is 1. The number of benzene rings is 2. The number of sulfonamides is 1. The summed E-state index contributed by atoms with van der Waals surface area (Å²) in [5.41, 5.74) is 9.13. The SMILES string of the molecule is Cc1noc(NS(=O)(=O)c2ccccc2-c2ccc(C[N+](C)(C(=O)C3CC3)[C@@H](CC(C)C)C(N)=O)cc2)c1C. The summed E-state index contributed by atoms with van der Waals surface area (Å²) < 4.78 is 34.2. The average molecular weight is 554 g/mol. The van der Waals surface area contributed by atoms with Gasteiger partial charge >= 0.3 is 5.91 Å². The lowest BCUT2D eigenvalue weighted by Crippen LogP contribution is -2.61. The van der Waals surface area contributed by atoms with E-state index in [1.165, 1.54) is 6.07 Å². The van der Waals surface area contributed by atoms with Crippen LogP contribution in [0.25, 0.3) is 11.1 Å². The van der Waals surface area contributed by atoms with Crippen molar-refractivity contribution in [2.45, 2.75) is 64.4 Å². The molecule has 0 spiro atoms. The smallest absolute Gasteiger partial charge is 0.317 e. The van der Waals surface area contributed by atoms with Crippen LogP contribution >= 0.6 is 0 Å². The average Bonchev–Trinajstić information content (AvgIpc) is 3.69. The quantitative estimate of drug-likeness (QED) is 0.335. The predicted octanol–water partition coefficient (Wildman–Crippen LogP) is 4.54. The number of anilines is 1. The zero-order chi connectivity index (χ0) is 28.5. The van der Waals surface area contributed by atoms with Gasteiger partial charge in [0.2, 0.25) is 5.88 Å². The number of amides is 2. The number of likely N-dealkylation sites (N-methyl/N-ethyl adjacent to an activating group) is 1. The molecule has 39 heavy (non-hydrogen) atoms. The van der Waals surface area contributed by atoms with Crippen molar-refractivity contribution in [3.8, 4) is 11.1 Å². The van der Waals surface area contributed by atoms with Gasteiger partial charge in [0.05, 0.1) is 23.6 Å². The summed E-state index contributed by atoms with van der Waals surface area (Å²) in [5, 5.41) is 3.82. The van der Waals surface area contributed by atoms with Crippen LogP contribution in [0, 0.1) is 25.7 Å². The minimum atomic E-state index is -3.97. The Morgan fingerprint density at radius 1 is 1.10 bits per heavy atom. The Morgan fingerprint density at radius 2 is 1.74 bits per heavy atom. The molecule has 1 heterocycles. The summed E-state index contributed by atoms with van der Waals surface area (Å²) in [6.45, 7) is 7.83. The number of nitrogens with one attached hydrogen (secondary N) is 1. The normalized spacial score (nSPS) is 16.1. The van der Waals surface area contributed by atoms with E-state index in [0.29, 0.717) is 35.3 Å². The van der Waals surface area contributed by atoms with E-state index in [2.05, 4.69) is 9.88 Å². The zero-order valence-electron chi connectivity index (χ0n) is 23.1. The molecule has 0 aliphatic heterocycles. The molecule has 3 N–H and O–H groups in total. The molecule has 1 aliphatic rings. The van der Waals surface area contributed by atoms with Gasteiger partial charge in [-0.2, -0.15) is 0 Å². The zero-order valence-corrected chi connectivity index (χ0v) is 23.9. The van der Waals surface area contributed by atoms with Gasteiger partial charge in [-0.1, -0.05) is 61.5 Å². The van der Waals surface area contributed by atoms with Gasteiger partial charge in [-0.25, -0.2) is 22.4 Å². The molecule has 10 heteroatoms. The molecule has 1 fully saturated rings. The second kappa shape index (κ2) is 10.9. The maximum absolute atomic E-state index is 13.5. The molecule has 0 radical (unpaired) electrons. The second-order valence-corrected chi connectivity index (χ2v) is 12.8. The molecule has 0 saturated heterocycles. The first-order chi connectivity index (χ1) is 18.3. The Morgan fingerprint density at radius 3 is 2.28 bits per heavy atom. The van der Waals surface area contributed by atoms with Crippen LogP contribution in [-0.2, 0) is 26.2 Å². The molecule has 208 valence electrons. The number of rotatable bonds is 11. The fourth-order valence-corrected chi connectivity index (χ4v) is 6.24. The summed E-state index contributed by atoms with van der Waals surface area (Å²) in [5.74, 6) is -0.180. The van der Waals surface area contributed by atoms with Crippen molar-refractivity contribution in [3.63, 3.8) is 0 Å². The standard InChI is InChI=1S/C29H36N4O5S/c1-18(2)16-25(27(30)34)33(5,29(35)23-14-15-23)17-21-10-12-22(13-11-21)24-8-6-7-9-26(24)39(36,37)32-28-19(3)20(4)31-38-28/h6-13,18,23,25H,14-17H2,1-5H3,(H2-,30,31,32,34)/p+1/t25-,33?/m0/s1. The number of carbonyl (C=O) groups is 2. The third-order valence-electron chi connectivity index (χ3n) is 7.48.